The fourth-order valence-corrected chi connectivity index (χ4v) is 3.85. The molecule has 1 heterocycles. The van der Waals surface area contributed by atoms with Gasteiger partial charge in [0.05, 0.1) is 25.2 Å². The summed E-state index contributed by atoms with van der Waals surface area (Å²) in [6, 6.07) is 4.74. The molecule has 1 unspecified atom stereocenters. The number of hydrogen-bond acceptors (Lipinski definition) is 6. The number of nitrogens with zero attached hydrogens (tertiary/aromatic N) is 1. The molecule has 1 fully saturated rings. The van der Waals surface area contributed by atoms with Gasteiger partial charge in [0.2, 0.25) is 10.0 Å². The summed E-state index contributed by atoms with van der Waals surface area (Å²) in [6.45, 7) is 1.91. The van der Waals surface area contributed by atoms with Gasteiger partial charge in [-0.1, -0.05) is 6.07 Å². The second-order valence-corrected chi connectivity index (χ2v) is 6.62. The number of benzene rings is 1. The van der Waals surface area contributed by atoms with Crippen molar-refractivity contribution in [2.45, 2.75) is 17.9 Å². The number of carbonyl (C=O) groups excluding carboxylic acids is 1. The Morgan fingerprint density at radius 3 is 2.86 bits per heavy atom. The lowest BCUT2D eigenvalue weighted by atomic mass is 10.2. The first-order chi connectivity index (χ1) is 9.87. The highest BCUT2D eigenvalue weighted by atomic mass is 32.2. The summed E-state index contributed by atoms with van der Waals surface area (Å²) in [4.78, 5) is 11.7. The fraction of sp³-hybridized carbons (Fsp3) is 0.462. The van der Waals surface area contributed by atoms with Crippen molar-refractivity contribution >= 4 is 21.7 Å². The van der Waals surface area contributed by atoms with Gasteiger partial charge in [-0.2, -0.15) is 4.31 Å². The molecule has 1 saturated heterocycles. The summed E-state index contributed by atoms with van der Waals surface area (Å²) in [5, 5.41) is 0. The molecule has 1 atom stereocenters. The van der Waals surface area contributed by atoms with Crippen LogP contribution in [0.4, 0.5) is 5.69 Å². The molecule has 0 aromatic heterocycles. The summed E-state index contributed by atoms with van der Waals surface area (Å²) in [5.41, 5.74) is 6.67. The number of ether oxygens (including phenoxy) is 2. The molecule has 1 aliphatic rings. The van der Waals surface area contributed by atoms with Crippen LogP contribution in [-0.2, 0) is 24.3 Å². The third-order valence-corrected chi connectivity index (χ3v) is 5.45. The summed E-state index contributed by atoms with van der Waals surface area (Å²) in [7, 11) is -2.49. The molecule has 1 aliphatic heterocycles. The Morgan fingerprint density at radius 1 is 1.48 bits per heavy atom. The van der Waals surface area contributed by atoms with Crippen LogP contribution in [0.5, 0.6) is 0 Å². The molecule has 2 rings (SSSR count). The molecule has 0 radical (unpaired) electrons. The first kappa shape index (κ1) is 15.7. The molecule has 7 nitrogen and oxygen atoms in total. The van der Waals surface area contributed by atoms with Crippen LogP contribution >= 0.6 is 0 Å². The van der Waals surface area contributed by atoms with Crippen LogP contribution in [0.2, 0.25) is 0 Å². The van der Waals surface area contributed by atoms with Crippen LogP contribution < -0.4 is 5.73 Å². The Morgan fingerprint density at radius 2 is 2.19 bits per heavy atom. The predicted molar refractivity (Wildman–Crippen MR) is 76.1 cm³/mol. The van der Waals surface area contributed by atoms with E-state index in [1.165, 1.54) is 17.5 Å². The number of hydrogen-bond donors (Lipinski definition) is 1. The second-order valence-electron chi connectivity index (χ2n) is 4.72. The van der Waals surface area contributed by atoms with Crippen LogP contribution in [0.3, 0.4) is 0 Å². The van der Waals surface area contributed by atoms with Gasteiger partial charge >= 0.3 is 5.97 Å². The molecule has 1 aromatic rings. The van der Waals surface area contributed by atoms with Crippen molar-refractivity contribution in [3.8, 4) is 0 Å². The maximum atomic E-state index is 12.7. The second kappa shape index (κ2) is 6.00. The SMILES string of the molecule is COC(=O)C1CN(S(=O)(=O)c2cccc(N)c2C)CCO1. The maximum Gasteiger partial charge on any atom is 0.336 e. The lowest BCUT2D eigenvalue weighted by molar-refractivity contribution is -0.157. The fourth-order valence-electron chi connectivity index (χ4n) is 2.17. The molecular formula is C13H18N2O5S. The van der Waals surface area contributed by atoms with Gasteiger partial charge in [-0.3, -0.25) is 0 Å². The zero-order chi connectivity index (χ0) is 15.6. The zero-order valence-electron chi connectivity index (χ0n) is 11.9. The Labute approximate surface area is 123 Å². The van der Waals surface area contributed by atoms with E-state index >= 15 is 0 Å². The maximum absolute atomic E-state index is 12.7. The third kappa shape index (κ3) is 3.02. The van der Waals surface area contributed by atoms with Gasteiger partial charge in [0.25, 0.3) is 0 Å². The molecule has 8 heteroatoms. The summed E-state index contributed by atoms with van der Waals surface area (Å²) in [5.74, 6) is -0.584. The summed E-state index contributed by atoms with van der Waals surface area (Å²) in [6.07, 6.45) is -0.903. The average Bonchev–Trinajstić information content (AvgIpc) is 2.49. The molecule has 0 saturated carbocycles. The minimum Gasteiger partial charge on any atom is -0.467 e. The van der Waals surface area contributed by atoms with E-state index in [9.17, 15) is 13.2 Å². The van der Waals surface area contributed by atoms with Crippen molar-refractivity contribution in [3.63, 3.8) is 0 Å². The highest BCUT2D eigenvalue weighted by Crippen LogP contribution is 2.25. The predicted octanol–water partition coefficient (Wildman–Crippen LogP) is 0.140. The van der Waals surface area contributed by atoms with Gasteiger partial charge < -0.3 is 15.2 Å². The molecule has 21 heavy (non-hydrogen) atoms. The van der Waals surface area contributed by atoms with Crippen molar-refractivity contribution in [2.24, 2.45) is 0 Å². The molecule has 116 valence electrons. The number of sulfonamides is 1. The Hall–Kier alpha value is -1.64. The van der Waals surface area contributed by atoms with Crippen molar-refractivity contribution < 1.29 is 22.7 Å². The molecule has 0 spiro atoms. The number of nitrogen functional groups attached to an aromatic ring is 1. The Balaban J connectivity index is 2.31. The minimum absolute atomic E-state index is 0.0662. The van der Waals surface area contributed by atoms with Crippen LogP contribution in [0.15, 0.2) is 23.1 Å². The lowest BCUT2D eigenvalue weighted by Crippen LogP contribution is -2.48. The van der Waals surface area contributed by atoms with E-state index in [-0.39, 0.29) is 24.6 Å². The standard InChI is InChI=1S/C13H18N2O5S/c1-9-10(14)4-3-5-12(9)21(17,18)15-6-7-20-11(8-15)13(16)19-2/h3-5,11H,6-8,14H2,1-2H3. The summed E-state index contributed by atoms with van der Waals surface area (Å²) < 4.78 is 36.4. The van der Waals surface area contributed by atoms with Gasteiger partial charge in [0.1, 0.15) is 0 Å². The van der Waals surface area contributed by atoms with E-state index in [0.29, 0.717) is 11.3 Å². The molecule has 2 N–H and O–H groups in total. The number of morpholine rings is 1. The van der Waals surface area contributed by atoms with Crippen LogP contribution in [0.1, 0.15) is 5.56 Å². The first-order valence-electron chi connectivity index (χ1n) is 6.42. The Kier molecular flexibility index (Phi) is 4.50. The van der Waals surface area contributed by atoms with Crippen LogP contribution in [0.25, 0.3) is 0 Å². The number of methoxy groups -OCH3 is 1. The number of nitrogens with two attached hydrogens (primary N) is 1. The van der Waals surface area contributed by atoms with Crippen LogP contribution in [-0.4, -0.2) is 51.6 Å². The van der Waals surface area contributed by atoms with Crippen molar-refractivity contribution in [1.82, 2.24) is 4.31 Å². The van der Waals surface area contributed by atoms with Crippen molar-refractivity contribution in [3.05, 3.63) is 23.8 Å². The first-order valence-corrected chi connectivity index (χ1v) is 7.86. The van der Waals surface area contributed by atoms with Gasteiger partial charge in [-0.05, 0) is 24.6 Å². The number of esters is 1. The average molecular weight is 314 g/mol. The van der Waals surface area contributed by atoms with Gasteiger partial charge in [0.15, 0.2) is 6.10 Å². The van der Waals surface area contributed by atoms with E-state index in [1.54, 1.807) is 19.1 Å². The largest absolute Gasteiger partial charge is 0.467 e. The molecular weight excluding hydrogens is 296 g/mol. The lowest BCUT2D eigenvalue weighted by Gasteiger charge is -2.31. The quantitative estimate of drug-likeness (QED) is 0.629. The van der Waals surface area contributed by atoms with E-state index in [0.717, 1.165) is 0 Å². The summed E-state index contributed by atoms with van der Waals surface area (Å²) >= 11 is 0. The number of rotatable bonds is 3. The van der Waals surface area contributed by atoms with Crippen molar-refractivity contribution in [2.75, 3.05) is 32.5 Å². The van der Waals surface area contributed by atoms with E-state index in [4.69, 9.17) is 10.5 Å². The monoisotopic (exact) mass is 314 g/mol. The smallest absolute Gasteiger partial charge is 0.336 e. The third-order valence-electron chi connectivity index (χ3n) is 3.44. The van der Waals surface area contributed by atoms with E-state index in [1.807, 2.05) is 0 Å². The molecule has 0 bridgehead atoms. The van der Waals surface area contributed by atoms with E-state index < -0.39 is 22.1 Å². The van der Waals surface area contributed by atoms with Gasteiger partial charge in [-0.15, -0.1) is 0 Å². The molecule has 0 amide bonds. The number of carbonyl (C=O) groups is 1. The highest BCUT2D eigenvalue weighted by Gasteiger charge is 2.35. The zero-order valence-corrected chi connectivity index (χ0v) is 12.7. The molecule has 0 aliphatic carbocycles. The van der Waals surface area contributed by atoms with Gasteiger partial charge in [0, 0.05) is 12.2 Å². The highest BCUT2D eigenvalue weighted by molar-refractivity contribution is 7.89. The topological polar surface area (TPSA) is 98.9 Å². The molecule has 1 aromatic carbocycles. The number of anilines is 1. The minimum atomic E-state index is -3.72. The van der Waals surface area contributed by atoms with E-state index in [2.05, 4.69) is 4.74 Å². The van der Waals surface area contributed by atoms with Gasteiger partial charge in [-0.25, -0.2) is 13.2 Å². The van der Waals surface area contributed by atoms with Crippen molar-refractivity contribution in [1.29, 1.82) is 0 Å². The Bertz CT molecular complexity index is 644. The normalized spacial score (nSPS) is 20.2. The van der Waals surface area contributed by atoms with Crippen LogP contribution in [0, 0.1) is 6.92 Å².